The molecule has 0 radical (unpaired) electrons. The van der Waals surface area contributed by atoms with E-state index in [1.54, 1.807) is 32.4 Å². The number of rotatable bonds is 7. The number of phenols is 1. The molecule has 1 unspecified atom stereocenters. The van der Waals surface area contributed by atoms with E-state index in [0.717, 1.165) is 12.1 Å². The Bertz CT molecular complexity index is 763. The highest BCUT2D eigenvalue weighted by Gasteiger charge is 2.46. The fourth-order valence-electron chi connectivity index (χ4n) is 1.71. The van der Waals surface area contributed by atoms with Crippen LogP contribution in [-0.4, -0.2) is 40.5 Å². The number of amides is 1. The van der Waals surface area contributed by atoms with Crippen molar-refractivity contribution in [3.63, 3.8) is 0 Å². The number of alkyl halides is 2. The summed E-state index contributed by atoms with van der Waals surface area (Å²) in [6, 6.07) is 3.28. The molecule has 12 heteroatoms. The summed E-state index contributed by atoms with van der Waals surface area (Å²) in [5.74, 6) is -1.50. The molecule has 26 heavy (non-hydrogen) atoms. The van der Waals surface area contributed by atoms with Crippen LogP contribution in [0.25, 0.3) is 0 Å². The third-order valence-electron chi connectivity index (χ3n) is 2.54. The average molecular weight is 415 g/mol. The van der Waals surface area contributed by atoms with E-state index < -0.39 is 44.5 Å². The SMILES string of the molecule is CC(Oc1cc(O)cc(C(=O)NSC(F)(F)S(=O)(=O)O)c1)OC(C)(C)C. The van der Waals surface area contributed by atoms with Gasteiger partial charge < -0.3 is 14.6 Å². The van der Waals surface area contributed by atoms with E-state index >= 15 is 0 Å². The Labute approximate surface area is 153 Å². The molecule has 148 valence electrons. The van der Waals surface area contributed by atoms with E-state index in [2.05, 4.69) is 0 Å². The van der Waals surface area contributed by atoms with Crippen LogP contribution in [0.5, 0.6) is 11.5 Å². The van der Waals surface area contributed by atoms with Gasteiger partial charge in [0.05, 0.1) is 5.60 Å². The van der Waals surface area contributed by atoms with Gasteiger partial charge >= 0.3 is 14.7 Å². The van der Waals surface area contributed by atoms with Crippen molar-refractivity contribution in [2.45, 2.75) is 44.2 Å². The largest absolute Gasteiger partial charge is 0.508 e. The first kappa shape index (κ1) is 22.4. The molecule has 0 bridgehead atoms. The standard InChI is InChI=1S/C14H19F2NO7S2/c1-8(24-13(2,3)4)23-11-6-9(5-10(18)7-11)12(19)17-25-14(15,16)26(20,21)22/h5-8,18H,1-4H3,(H,17,19)(H,20,21,22). The highest BCUT2D eigenvalue weighted by molar-refractivity contribution is 8.11. The molecule has 3 N–H and O–H groups in total. The number of ether oxygens (including phenoxy) is 2. The highest BCUT2D eigenvalue weighted by atomic mass is 32.3. The van der Waals surface area contributed by atoms with Crippen molar-refractivity contribution in [2.24, 2.45) is 0 Å². The first-order valence-corrected chi connectivity index (χ1v) is 9.38. The van der Waals surface area contributed by atoms with Gasteiger partial charge in [0.25, 0.3) is 5.91 Å². The summed E-state index contributed by atoms with van der Waals surface area (Å²) < 4.78 is 63.5. The van der Waals surface area contributed by atoms with Crippen LogP contribution in [0, 0.1) is 0 Å². The van der Waals surface area contributed by atoms with Crippen molar-refractivity contribution >= 4 is 28.0 Å². The Morgan fingerprint density at radius 1 is 1.27 bits per heavy atom. The predicted molar refractivity (Wildman–Crippen MR) is 90.6 cm³/mol. The molecule has 1 amide bonds. The molecule has 1 atom stereocenters. The predicted octanol–water partition coefficient (Wildman–Crippen LogP) is 2.75. The molecule has 0 heterocycles. The second-order valence-corrected chi connectivity index (χ2v) is 8.75. The molecule has 0 aliphatic rings. The summed E-state index contributed by atoms with van der Waals surface area (Å²) in [6.07, 6.45) is -0.744. The van der Waals surface area contributed by atoms with Gasteiger partial charge in [0.2, 0.25) is 0 Å². The van der Waals surface area contributed by atoms with Gasteiger partial charge in [-0.3, -0.25) is 14.1 Å². The smallest absolute Gasteiger partial charge is 0.435 e. The van der Waals surface area contributed by atoms with Crippen LogP contribution in [0.3, 0.4) is 0 Å². The lowest BCUT2D eigenvalue weighted by Gasteiger charge is -2.25. The number of benzene rings is 1. The topological polar surface area (TPSA) is 122 Å². The molecular weight excluding hydrogens is 396 g/mol. The van der Waals surface area contributed by atoms with Gasteiger partial charge in [0.15, 0.2) is 6.29 Å². The third-order valence-corrected chi connectivity index (χ3v) is 4.55. The van der Waals surface area contributed by atoms with Crippen LogP contribution < -0.4 is 9.46 Å². The van der Waals surface area contributed by atoms with Crippen molar-refractivity contribution < 1.29 is 41.1 Å². The van der Waals surface area contributed by atoms with Crippen LogP contribution in [-0.2, 0) is 14.9 Å². The Morgan fingerprint density at radius 3 is 2.35 bits per heavy atom. The zero-order valence-electron chi connectivity index (χ0n) is 14.3. The minimum Gasteiger partial charge on any atom is -0.508 e. The second-order valence-electron chi connectivity index (χ2n) is 6.10. The summed E-state index contributed by atoms with van der Waals surface area (Å²) >= 11 is -0.796. The number of halogens is 2. The molecule has 1 rings (SSSR count). The van der Waals surface area contributed by atoms with Gasteiger partial charge in [-0.15, -0.1) is 0 Å². The molecule has 8 nitrogen and oxygen atoms in total. The lowest BCUT2D eigenvalue weighted by atomic mass is 10.2. The van der Waals surface area contributed by atoms with Crippen LogP contribution >= 0.6 is 11.9 Å². The average Bonchev–Trinajstić information content (AvgIpc) is 2.40. The Balaban J connectivity index is 2.88. The summed E-state index contributed by atoms with van der Waals surface area (Å²) in [5, 5.41) is 9.65. The van der Waals surface area contributed by atoms with Crippen molar-refractivity contribution in [1.29, 1.82) is 0 Å². The van der Waals surface area contributed by atoms with E-state index in [-0.39, 0.29) is 17.1 Å². The zero-order chi connectivity index (χ0) is 20.3. The Kier molecular flexibility index (Phi) is 6.85. The molecule has 1 aromatic rings. The van der Waals surface area contributed by atoms with Crippen molar-refractivity contribution in [3.05, 3.63) is 23.8 Å². The fraction of sp³-hybridized carbons (Fsp3) is 0.500. The Hall–Kier alpha value is -1.63. The molecule has 0 aliphatic heterocycles. The number of hydrogen-bond acceptors (Lipinski definition) is 7. The quantitative estimate of drug-likeness (QED) is 0.353. The highest BCUT2D eigenvalue weighted by Crippen LogP contribution is 2.32. The maximum Gasteiger partial charge on any atom is 0.435 e. The Morgan fingerprint density at radius 2 is 1.85 bits per heavy atom. The van der Waals surface area contributed by atoms with Crippen LogP contribution in [0.4, 0.5) is 8.78 Å². The van der Waals surface area contributed by atoms with Crippen molar-refractivity contribution in [3.8, 4) is 11.5 Å². The van der Waals surface area contributed by atoms with Crippen LogP contribution in [0.1, 0.15) is 38.1 Å². The maximum absolute atomic E-state index is 13.1. The molecule has 0 saturated carbocycles. The molecule has 0 spiro atoms. The first-order valence-electron chi connectivity index (χ1n) is 7.12. The van der Waals surface area contributed by atoms with Crippen molar-refractivity contribution in [1.82, 2.24) is 4.72 Å². The maximum atomic E-state index is 13.1. The van der Waals surface area contributed by atoms with Crippen molar-refractivity contribution in [2.75, 3.05) is 0 Å². The molecule has 1 aromatic carbocycles. The minimum absolute atomic E-state index is 0.0263. The van der Waals surface area contributed by atoms with Crippen LogP contribution in [0.15, 0.2) is 18.2 Å². The fourth-order valence-corrected chi connectivity index (χ4v) is 2.59. The monoisotopic (exact) mass is 415 g/mol. The van der Waals surface area contributed by atoms with Gasteiger partial charge in [0, 0.05) is 23.6 Å². The summed E-state index contributed by atoms with van der Waals surface area (Å²) in [7, 11) is -5.71. The second kappa shape index (κ2) is 7.94. The summed E-state index contributed by atoms with van der Waals surface area (Å²) in [4.78, 5) is 11.9. The number of carbonyl (C=O) groups is 1. The van der Waals surface area contributed by atoms with Gasteiger partial charge in [0.1, 0.15) is 11.5 Å². The third kappa shape index (κ3) is 6.94. The molecule has 0 saturated heterocycles. The number of phenolic OH excluding ortho intramolecular Hbond substituents is 1. The first-order chi connectivity index (χ1) is 11.6. The molecule has 0 fully saturated rings. The molecule has 0 aromatic heterocycles. The summed E-state index contributed by atoms with van der Waals surface area (Å²) in [5.41, 5.74) is -0.796. The lowest BCUT2D eigenvalue weighted by molar-refractivity contribution is -0.140. The van der Waals surface area contributed by atoms with E-state index in [0.29, 0.717) is 0 Å². The van der Waals surface area contributed by atoms with E-state index in [1.807, 2.05) is 0 Å². The van der Waals surface area contributed by atoms with E-state index in [4.69, 9.17) is 14.0 Å². The summed E-state index contributed by atoms with van der Waals surface area (Å²) in [6.45, 7) is 6.96. The number of carbonyl (C=O) groups excluding carboxylic acids is 1. The van der Waals surface area contributed by atoms with Gasteiger partial charge in [-0.05, 0) is 39.8 Å². The van der Waals surface area contributed by atoms with Gasteiger partial charge in [-0.2, -0.15) is 17.2 Å². The number of aromatic hydroxyl groups is 1. The normalized spacial score (nSPS) is 14.0. The number of nitrogens with one attached hydrogen (secondary N) is 1. The van der Waals surface area contributed by atoms with Crippen LogP contribution in [0.2, 0.25) is 0 Å². The molecule has 0 aliphatic carbocycles. The molecular formula is C14H19F2NO7S2. The minimum atomic E-state index is -5.71. The lowest BCUT2D eigenvalue weighted by Crippen LogP contribution is -2.30. The number of hydrogen-bond donors (Lipinski definition) is 3. The van der Waals surface area contributed by atoms with Gasteiger partial charge in [-0.25, -0.2) is 0 Å². The van der Waals surface area contributed by atoms with E-state index in [9.17, 15) is 27.1 Å². The zero-order valence-corrected chi connectivity index (χ0v) is 16.0. The van der Waals surface area contributed by atoms with E-state index in [1.165, 1.54) is 6.07 Å². The van der Waals surface area contributed by atoms with Gasteiger partial charge in [-0.1, -0.05) is 0 Å².